The van der Waals surface area contributed by atoms with Crippen LogP contribution in [0.25, 0.3) is 39.0 Å². The molecule has 0 bridgehead atoms. The minimum Gasteiger partial charge on any atom is -0.456 e. The third-order valence-electron chi connectivity index (χ3n) is 6.61. The highest BCUT2D eigenvalue weighted by atomic mass is 19.1. The van der Waals surface area contributed by atoms with Crippen molar-refractivity contribution in [3.05, 3.63) is 83.4 Å². The summed E-state index contributed by atoms with van der Waals surface area (Å²) in [4.78, 5) is 0. The summed E-state index contributed by atoms with van der Waals surface area (Å²) >= 11 is 0. The monoisotopic (exact) mass is 441 g/mol. The van der Waals surface area contributed by atoms with Crippen LogP contribution in [0.15, 0.2) is 65.3 Å². The molecule has 33 heavy (non-hydrogen) atoms. The summed E-state index contributed by atoms with van der Waals surface area (Å²) < 4.78 is 24.3. The number of aromatic nitrogens is 2. The van der Waals surface area contributed by atoms with Crippen molar-refractivity contribution in [2.24, 2.45) is 7.05 Å². The number of furan rings is 1. The van der Waals surface area contributed by atoms with Crippen LogP contribution in [-0.2, 0) is 7.05 Å². The van der Waals surface area contributed by atoms with Gasteiger partial charge in [0, 0.05) is 28.0 Å². The van der Waals surface area contributed by atoms with Gasteiger partial charge in [0.25, 0.3) is 5.82 Å². The van der Waals surface area contributed by atoms with Crippen LogP contribution in [0.5, 0.6) is 0 Å². The first-order valence-electron chi connectivity index (χ1n) is 11.6. The fourth-order valence-electron chi connectivity index (χ4n) is 4.91. The Bertz CT molecular complexity index is 1480. The standard InChI is InChI=1S/C29H30FN2O/c1-17(2)21-8-7-9-22(18(3)4)28(21)32-13-12-31(6)29(32)24-16-25-23-11-10-20(30)15-27(23)33-26(25)14-19(24)5/h7-18H,1-6H3/q+1. The van der Waals surface area contributed by atoms with Gasteiger partial charge < -0.3 is 4.42 Å². The van der Waals surface area contributed by atoms with Gasteiger partial charge in [-0.15, -0.1) is 0 Å². The number of hydrogen-bond acceptors (Lipinski definition) is 1. The van der Waals surface area contributed by atoms with Crippen LogP contribution in [0.3, 0.4) is 0 Å². The maximum atomic E-state index is 13.8. The molecule has 4 heteroatoms. The molecule has 0 unspecified atom stereocenters. The molecule has 0 saturated heterocycles. The van der Waals surface area contributed by atoms with E-state index in [1.165, 1.54) is 28.9 Å². The third-order valence-corrected chi connectivity index (χ3v) is 6.61. The van der Waals surface area contributed by atoms with Gasteiger partial charge in [-0.1, -0.05) is 45.9 Å². The van der Waals surface area contributed by atoms with Gasteiger partial charge in [-0.2, -0.15) is 4.57 Å². The van der Waals surface area contributed by atoms with Gasteiger partial charge in [0.2, 0.25) is 0 Å². The van der Waals surface area contributed by atoms with Crippen molar-refractivity contribution in [2.45, 2.75) is 46.5 Å². The van der Waals surface area contributed by atoms with Gasteiger partial charge in [-0.05, 0) is 48.6 Å². The number of hydrogen-bond donors (Lipinski definition) is 0. The van der Waals surface area contributed by atoms with Gasteiger partial charge in [-0.3, -0.25) is 0 Å². The van der Waals surface area contributed by atoms with E-state index in [-0.39, 0.29) is 5.82 Å². The fraction of sp³-hybridized carbons (Fsp3) is 0.276. The number of imidazole rings is 1. The Balaban J connectivity index is 1.82. The van der Waals surface area contributed by atoms with Gasteiger partial charge in [0.05, 0.1) is 12.6 Å². The lowest BCUT2D eigenvalue weighted by Gasteiger charge is -2.18. The molecular weight excluding hydrogens is 411 g/mol. The number of para-hydroxylation sites is 1. The van der Waals surface area contributed by atoms with Gasteiger partial charge in [-0.25, -0.2) is 8.96 Å². The molecule has 0 N–H and O–H groups in total. The minimum absolute atomic E-state index is 0.287. The van der Waals surface area contributed by atoms with E-state index >= 15 is 0 Å². The van der Waals surface area contributed by atoms with Crippen molar-refractivity contribution in [1.29, 1.82) is 0 Å². The highest BCUT2D eigenvalue weighted by Gasteiger charge is 2.27. The Morgan fingerprint density at radius 3 is 2.21 bits per heavy atom. The summed E-state index contributed by atoms with van der Waals surface area (Å²) in [7, 11) is 2.09. The largest absolute Gasteiger partial charge is 0.456 e. The lowest BCUT2D eigenvalue weighted by Crippen LogP contribution is -2.29. The Morgan fingerprint density at radius 2 is 1.55 bits per heavy atom. The average molecular weight is 442 g/mol. The third kappa shape index (κ3) is 3.45. The first-order valence-corrected chi connectivity index (χ1v) is 11.6. The van der Waals surface area contributed by atoms with Crippen molar-refractivity contribution in [3.8, 4) is 17.1 Å². The Hall–Kier alpha value is -3.40. The Labute approximate surface area is 194 Å². The highest BCUT2D eigenvalue weighted by molar-refractivity contribution is 6.06. The molecule has 3 aromatic carbocycles. The minimum atomic E-state index is -0.287. The molecule has 3 nitrogen and oxygen atoms in total. The Kier molecular flexibility index (Phi) is 5.12. The molecule has 0 aliphatic carbocycles. The molecule has 0 atom stereocenters. The molecule has 0 saturated carbocycles. The predicted octanol–water partition coefficient (Wildman–Crippen LogP) is 7.56. The van der Waals surface area contributed by atoms with E-state index in [1.54, 1.807) is 6.07 Å². The SMILES string of the molecule is Cc1cc2oc3cc(F)ccc3c2cc1-c1n(-c2c(C(C)C)cccc2C(C)C)cc[n+]1C. The zero-order valence-corrected chi connectivity index (χ0v) is 20.1. The number of fused-ring (bicyclic) bond motifs is 3. The maximum Gasteiger partial charge on any atom is 0.294 e. The smallest absolute Gasteiger partial charge is 0.294 e. The zero-order valence-electron chi connectivity index (χ0n) is 20.1. The second-order valence-corrected chi connectivity index (χ2v) is 9.60. The van der Waals surface area contributed by atoms with Gasteiger partial charge >= 0.3 is 0 Å². The molecule has 2 heterocycles. The van der Waals surface area contributed by atoms with Crippen molar-refractivity contribution in [3.63, 3.8) is 0 Å². The van der Waals surface area contributed by atoms with Crippen molar-refractivity contribution < 1.29 is 13.4 Å². The van der Waals surface area contributed by atoms with E-state index in [0.717, 1.165) is 33.3 Å². The van der Waals surface area contributed by atoms with Crippen LogP contribution in [0.1, 0.15) is 56.2 Å². The summed E-state index contributed by atoms with van der Waals surface area (Å²) in [6.07, 6.45) is 4.28. The zero-order chi connectivity index (χ0) is 23.4. The second kappa shape index (κ2) is 7.87. The summed E-state index contributed by atoms with van der Waals surface area (Å²) in [5.74, 6) is 1.62. The van der Waals surface area contributed by atoms with Crippen LogP contribution >= 0.6 is 0 Å². The van der Waals surface area contributed by atoms with Gasteiger partial charge in [0.1, 0.15) is 35.1 Å². The average Bonchev–Trinajstić information content (AvgIpc) is 3.31. The number of aryl methyl sites for hydroxylation is 2. The lowest BCUT2D eigenvalue weighted by molar-refractivity contribution is -0.659. The van der Waals surface area contributed by atoms with Crippen LogP contribution in [0, 0.1) is 12.7 Å². The van der Waals surface area contributed by atoms with Crippen LogP contribution in [0.2, 0.25) is 0 Å². The number of rotatable bonds is 4. The van der Waals surface area contributed by atoms with Crippen LogP contribution < -0.4 is 4.57 Å². The molecule has 0 radical (unpaired) electrons. The van der Waals surface area contributed by atoms with Crippen molar-refractivity contribution >= 4 is 21.9 Å². The summed E-state index contributed by atoms with van der Waals surface area (Å²) in [5.41, 5.74) is 7.54. The molecule has 0 fully saturated rings. The predicted molar refractivity (Wildman–Crippen MR) is 133 cm³/mol. The first-order chi connectivity index (χ1) is 15.8. The molecule has 0 spiro atoms. The van der Waals surface area contributed by atoms with Crippen LogP contribution in [-0.4, -0.2) is 4.57 Å². The van der Waals surface area contributed by atoms with E-state index in [1.807, 2.05) is 0 Å². The molecule has 0 aliphatic rings. The maximum absolute atomic E-state index is 13.8. The number of nitrogens with zero attached hydrogens (tertiary/aromatic N) is 2. The highest BCUT2D eigenvalue weighted by Crippen LogP contribution is 2.37. The van der Waals surface area contributed by atoms with E-state index in [0.29, 0.717) is 17.4 Å². The van der Waals surface area contributed by atoms with Gasteiger partial charge in [0.15, 0.2) is 0 Å². The first kappa shape index (κ1) is 21.4. The molecular formula is C29H30FN2O+. The van der Waals surface area contributed by atoms with E-state index in [4.69, 9.17) is 4.42 Å². The Morgan fingerprint density at radius 1 is 0.879 bits per heavy atom. The number of benzene rings is 3. The molecule has 0 aliphatic heterocycles. The van der Waals surface area contributed by atoms with Crippen LogP contribution in [0.4, 0.5) is 4.39 Å². The fourth-order valence-corrected chi connectivity index (χ4v) is 4.91. The second-order valence-electron chi connectivity index (χ2n) is 9.60. The molecule has 168 valence electrons. The summed E-state index contributed by atoms with van der Waals surface area (Å²) in [6, 6.07) is 15.7. The summed E-state index contributed by atoms with van der Waals surface area (Å²) in [5, 5.41) is 1.93. The topological polar surface area (TPSA) is 21.9 Å². The number of halogens is 1. The summed E-state index contributed by atoms with van der Waals surface area (Å²) in [6.45, 7) is 11.1. The lowest BCUT2D eigenvalue weighted by atomic mass is 9.92. The molecule has 2 aromatic heterocycles. The molecule has 5 aromatic rings. The molecule has 5 rings (SSSR count). The van der Waals surface area contributed by atoms with E-state index in [2.05, 4.69) is 93.5 Å². The quantitative estimate of drug-likeness (QED) is 0.264. The molecule has 0 amide bonds. The van der Waals surface area contributed by atoms with E-state index in [9.17, 15) is 4.39 Å². The van der Waals surface area contributed by atoms with E-state index < -0.39 is 0 Å². The normalized spacial score (nSPS) is 12.0. The van der Waals surface area contributed by atoms with Crippen molar-refractivity contribution in [2.75, 3.05) is 0 Å². The van der Waals surface area contributed by atoms with Crippen molar-refractivity contribution in [1.82, 2.24) is 4.57 Å².